The Balaban J connectivity index is 1.74. The number of rotatable bonds is 7. The molecule has 0 aromatic heterocycles. The Hall–Kier alpha value is -1.77. The molecule has 0 spiro atoms. The van der Waals surface area contributed by atoms with Crippen LogP contribution in [0.1, 0.15) is 51.9 Å². The predicted octanol–water partition coefficient (Wildman–Crippen LogP) is 4.73. The monoisotopic (exact) mass is 286 g/mol. The van der Waals surface area contributed by atoms with Crippen molar-refractivity contribution in [3.63, 3.8) is 0 Å². The van der Waals surface area contributed by atoms with Gasteiger partial charge in [-0.2, -0.15) is 0 Å². The summed E-state index contributed by atoms with van der Waals surface area (Å²) in [5, 5.41) is 6.35. The Kier molecular flexibility index (Phi) is 6.32. The summed E-state index contributed by atoms with van der Waals surface area (Å²) < 4.78 is 0. The number of benzene rings is 1. The Morgan fingerprint density at radius 1 is 1.14 bits per heavy atom. The van der Waals surface area contributed by atoms with Crippen molar-refractivity contribution < 1.29 is 4.79 Å². The minimum atomic E-state index is 0.0856. The molecule has 0 saturated carbocycles. The van der Waals surface area contributed by atoms with E-state index in [1.54, 1.807) is 5.57 Å². The fourth-order valence-electron chi connectivity index (χ4n) is 2.62. The maximum absolute atomic E-state index is 11.5. The molecule has 0 radical (unpaired) electrons. The molecule has 1 aromatic carbocycles. The van der Waals surface area contributed by atoms with E-state index in [1.165, 1.54) is 25.7 Å². The van der Waals surface area contributed by atoms with Gasteiger partial charge in [-0.1, -0.05) is 18.6 Å². The maximum Gasteiger partial charge on any atom is 0.224 e. The van der Waals surface area contributed by atoms with Crippen LogP contribution in [0.3, 0.4) is 0 Å². The van der Waals surface area contributed by atoms with Crippen molar-refractivity contribution in [2.24, 2.45) is 0 Å². The fourth-order valence-corrected chi connectivity index (χ4v) is 2.62. The molecule has 114 valence electrons. The Labute approximate surface area is 127 Å². The molecule has 0 aliphatic heterocycles. The molecule has 1 amide bonds. The normalized spacial score (nSPS) is 14.4. The summed E-state index contributed by atoms with van der Waals surface area (Å²) in [4.78, 5) is 11.5. The van der Waals surface area contributed by atoms with E-state index in [0.29, 0.717) is 6.42 Å². The highest BCUT2D eigenvalue weighted by atomic mass is 16.1. The van der Waals surface area contributed by atoms with Gasteiger partial charge >= 0.3 is 0 Å². The molecule has 0 saturated heterocycles. The Morgan fingerprint density at radius 2 is 1.90 bits per heavy atom. The third-order valence-corrected chi connectivity index (χ3v) is 3.81. The zero-order valence-electron chi connectivity index (χ0n) is 13.0. The van der Waals surface area contributed by atoms with Gasteiger partial charge in [-0.3, -0.25) is 4.79 Å². The molecule has 2 N–H and O–H groups in total. The second-order valence-electron chi connectivity index (χ2n) is 5.66. The van der Waals surface area contributed by atoms with Gasteiger partial charge in [0.2, 0.25) is 5.91 Å². The number of amides is 1. The minimum absolute atomic E-state index is 0.0856. The third kappa shape index (κ3) is 5.62. The molecular formula is C18H26N2O. The number of hydrogen-bond acceptors (Lipinski definition) is 2. The van der Waals surface area contributed by atoms with E-state index in [4.69, 9.17) is 0 Å². The number of carbonyl (C=O) groups is 1. The number of nitrogens with one attached hydrogen (secondary N) is 2. The lowest BCUT2D eigenvalue weighted by Gasteiger charge is -2.13. The summed E-state index contributed by atoms with van der Waals surface area (Å²) in [6, 6.07) is 7.96. The molecule has 0 bridgehead atoms. The van der Waals surface area contributed by atoms with Crippen molar-refractivity contribution in [3.05, 3.63) is 35.9 Å². The SMILES string of the molecule is CCCC(=O)Nc1ccc(NCCC2=CCCCC2)cc1. The van der Waals surface area contributed by atoms with Gasteiger partial charge in [-0.25, -0.2) is 0 Å². The van der Waals surface area contributed by atoms with Gasteiger partial charge in [-0.05, 0) is 62.8 Å². The van der Waals surface area contributed by atoms with Gasteiger partial charge in [0.15, 0.2) is 0 Å². The van der Waals surface area contributed by atoms with Crippen LogP contribution in [0.4, 0.5) is 11.4 Å². The lowest BCUT2D eigenvalue weighted by Crippen LogP contribution is -2.10. The van der Waals surface area contributed by atoms with Crippen molar-refractivity contribution in [2.45, 2.75) is 51.9 Å². The molecule has 21 heavy (non-hydrogen) atoms. The largest absolute Gasteiger partial charge is 0.385 e. The average molecular weight is 286 g/mol. The van der Waals surface area contributed by atoms with Crippen LogP contribution in [0.5, 0.6) is 0 Å². The van der Waals surface area contributed by atoms with Gasteiger partial charge in [0.25, 0.3) is 0 Å². The zero-order chi connectivity index (χ0) is 14.9. The van der Waals surface area contributed by atoms with Crippen LogP contribution in [-0.4, -0.2) is 12.5 Å². The maximum atomic E-state index is 11.5. The van der Waals surface area contributed by atoms with E-state index in [1.807, 2.05) is 31.2 Å². The van der Waals surface area contributed by atoms with Gasteiger partial charge < -0.3 is 10.6 Å². The molecule has 0 fully saturated rings. The fraction of sp³-hybridized carbons (Fsp3) is 0.500. The van der Waals surface area contributed by atoms with Crippen LogP contribution in [-0.2, 0) is 4.79 Å². The first-order valence-electron chi connectivity index (χ1n) is 8.09. The van der Waals surface area contributed by atoms with E-state index in [9.17, 15) is 4.79 Å². The minimum Gasteiger partial charge on any atom is -0.385 e. The number of carbonyl (C=O) groups excluding carboxylic acids is 1. The number of anilines is 2. The first kappa shape index (κ1) is 15.6. The number of allylic oxidation sites excluding steroid dienone is 1. The second-order valence-corrected chi connectivity index (χ2v) is 5.66. The van der Waals surface area contributed by atoms with E-state index in [-0.39, 0.29) is 5.91 Å². The first-order valence-corrected chi connectivity index (χ1v) is 8.09. The third-order valence-electron chi connectivity index (χ3n) is 3.81. The summed E-state index contributed by atoms with van der Waals surface area (Å²) in [6.07, 6.45) is 10.2. The molecule has 3 nitrogen and oxygen atoms in total. The quantitative estimate of drug-likeness (QED) is 0.712. The molecular weight excluding hydrogens is 260 g/mol. The standard InChI is InChI=1S/C18H26N2O/c1-2-6-18(21)20-17-11-9-16(10-12-17)19-14-13-15-7-4-3-5-8-15/h7,9-12,19H,2-6,8,13-14H2,1H3,(H,20,21). The van der Waals surface area contributed by atoms with E-state index in [2.05, 4.69) is 16.7 Å². The molecule has 0 heterocycles. The predicted molar refractivity (Wildman–Crippen MR) is 89.6 cm³/mol. The second kappa shape index (κ2) is 8.50. The molecule has 0 atom stereocenters. The van der Waals surface area contributed by atoms with Crippen LogP contribution in [0.2, 0.25) is 0 Å². The molecule has 1 aliphatic carbocycles. The van der Waals surface area contributed by atoms with Gasteiger partial charge in [-0.15, -0.1) is 0 Å². The highest BCUT2D eigenvalue weighted by Gasteiger charge is 2.03. The molecule has 1 aromatic rings. The zero-order valence-corrected chi connectivity index (χ0v) is 13.0. The van der Waals surface area contributed by atoms with Crippen LogP contribution in [0.15, 0.2) is 35.9 Å². The van der Waals surface area contributed by atoms with Crippen molar-refractivity contribution in [1.29, 1.82) is 0 Å². The summed E-state index contributed by atoms with van der Waals surface area (Å²) in [7, 11) is 0. The van der Waals surface area contributed by atoms with Gasteiger partial charge in [0.1, 0.15) is 0 Å². The first-order chi connectivity index (χ1) is 10.3. The number of hydrogen-bond donors (Lipinski definition) is 2. The lowest BCUT2D eigenvalue weighted by molar-refractivity contribution is -0.116. The summed E-state index contributed by atoms with van der Waals surface area (Å²) in [5.74, 6) is 0.0856. The van der Waals surface area contributed by atoms with Crippen molar-refractivity contribution in [3.8, 4) is 0 Å². The van der Waals surface area contributed by atoms with E-state index < -0.39 is 0 Å². The van der Waals surface area contributed by atoms with Crippen LogP contribution in [0.25, 0.3) is 0 Å². The van der Waals surface area contributed by atoms with Crippen LogP contribution < -0.4 is 10.6 Å². The Bertz CT molecular complexity index is 476. The smallest absolute Gasteiger partial charge is 0.224 e. The van der Waals surface area contributed by atoms with Gasteiger partial charge in [0, 0.05) is 24.3 Å². The highest BCUT2D eigenvalue weighted by molar-refractivity contribution is 5.90. The van der Waals surface area contributed by atoms with Crippen LogP contribution >= 0.6 is 0 Å². The topological polar surface area (TPSA) is 41.1 Å². The highest BCUT2D eigenvalue weighted by Crippen LogP contribution is 2.20. The van der Waals surface area contributed by atoms with Crippen molar-refractivity contribution in [1.82, 2.24) is 0 Å². The van der Waals surface area contributed by atoms with Crippen molar-refractivity contribution in [2.75, 3.05) is 17.2 Å². The summed E-state index contributed by atoms with van der Waals surface area (Å²) in [6.45, 7) is 2.99. The average Bonchev–Trinajstić information content (AvgIpc) is 2.50. The van der Waals surface area contributed by atoms with E-state index >= 15 is 0 Å². The van der Waals surface area contributed by atoms with Gasteiger partial charge in [0.05, 0.1) is 0 Å². The van der Waals surface area contributed by atoms with Crippen LogP contribution in [0, 0.1) is 0 Å². The molecule has 0 unspecified atom stereocenters. The summed E-state index contributed by atoms with van der Waals surface area (Å²) in [5.41, 5.74) is 3.58. The molecule has 1 aliphatic rings. The summed E-state index contributed by atoms with van der Waals surface area (Å²) >= 11 is 0. The Morgan fingerprint density at radius 3 is 2.57 bits per heavy atom. The lowest BCUT2D eigenvalue weighted by atomic mass is 9.97. The van der Waals surface area contributed by atoms with E-state index in [0.717, 1.165) is 30.8 Å². The molecule has 2 rings (SSSR count). The van der Waals surface area contributed by atoms with Crippen molar-refractivity contribution >= 4 is 17.3 Å². The molecule has 3 heteroatoms.